The number of amides is 2. The minimum atomic E-state index is -0.562. The minimum absolute atomic E-state index is 0.0101. The van der Waals surface area contributed by atoms with Crippen molar-refractivity contribution in [2.45, 2.75) is 39.2 Å². The molecule has 4 nitrogen and oxygen atoms in total. The molecule has 134 valence electrons. The molecule has 2 amide bonds. The minimum Gasteiger partial charge on any atom is -0.354 e. The zero-order chi connectivity index (χ0) is 18.1. The molecule has 1 aromatic rings. The standard InChI is InChI=1S/C17H23Cl3N2O2/c1-11(2)16(22-15(23)4-3-8-18)17(24)21-9-7-12-5-6-13(19)10-14(12)20/h5-6,10-11,16H,3-4,7-9H2,1-2H3,(H,21,24)(H,22,23). The molecular formula is C17H23Cl3N2O2. The van der Waals surface area contributed by atoms with Crippen LogP contribution in [-0.2, 0) is 16.0 Å². The van der Waals surface area contributed by atoms with Crippen molar-refractivity contribution in [1.29, 1.82) is 0 Å². The Balaban J connectivity index is 2.51. The highest BCUT2D eigenvalue weighted by Gasteiger charge is 2.23. The van der Waals surface area contributed by atoms with Crippen molar-refractivity contribution < 1.29 is 9.59 Å². The Morgan fingerprint density at radius 2 is 1.92 bits per heavy atom. The van der Waals surface area contributed by atoms with Gasteiger partial charge in [-0.05, 0) is 36.5 Å². The molecule has 7 heteroatoms. The number of halogens is 3. The number of benzene rings is 1. The molecule has 0 aromatic heterocycles. The van der Waals surface area contributed by atoms with Crippen molar-refractivity contribution in [3.05, 3.63) is 33.8 Å². The first-order valence-corrected chi connectivity index (χ1v) is 9.21. The van der Waals surface area contributed by atoms with Crippen LogP contribution in [0.15, 0.2) is 18.2 Å². The predicted octanol–water partition coefficient (Wildman–Crippen LogP) is 3.81. The first-order chi connectivity index (χ1) is 11.3. The van der Waals surface area contributed by atoms with Crippen molar-refractivity contribution in [3.8, 4) is 0 Å². The zero-order valence-electron chi connectivity index (χ0n) is 13.9. The number of carbonyl (C=O) groups excluding carboxylic acids is 2. The van der Waals surface area contributed by atoms with Gasteiger partial charge in [0.05, 0.1) is 0 Å². The van der Waals surface area contributed by atoms with Gasteiger partial charge in [0.1, 0.15) is 6.04 Å². The van der Waals surface area contributed by atoms with Gasteiger partial charge in [0.25, 0.3) is 0 Å². The molecular weight excluding hydrogens is 371 g/mol. The molecule has 0 spiro atoms. The van der Waals surface area contributed by atoms with Crippen molar-refractivity contribution >= 4 is 46.6 Å². The summed E-state index contributed by atoms with van der Waals surface area (Å²) in [6.45, 7) is 4.21. The van der Waals surface area contributed by atoms with Crippen LogP contribution in [0.25, 0.3) is 0 Å². The summed E-state index contributed by atoms with van der Waals surface area (Å²) < 4.78 is 0. The van der Waals surface area contributed by atoms with Gasteiger partial charge in [-0.1, -0.05) is 43.1 Å². The Hall–Kier alpha value is -0.970. The second-order valence-electron chi connectivity index (χ2n) is 5.86. The molecule has 0 aliphatic carbocycles. The van der Waals surface area contributed by atoms with E-state index >= 15 is 0 Å². The molecule has 0 fully saturated rings. The Labute approximate surface area is 158 Å². The summed E-state index contributed by atoms with van der Waals surface area (Å²) in [7, 11) is 0. The third-order valence-corrected chi connectivity index (χ3v) is 4.37. The summed E-state index contributed by atoms with van der Waals surface area (Å²) in [5.41, 5.74) is 0.911. The molecule has 0 heterocycles. The quantitative estimate of drug-likeness (QED) is 0.627. The van der Waals surface area contributed by atoms with Gasteiger partial charge in [0, 0.05) is 28.9 Å². The van der Waals surface area contributed by atoms with Gasteiger partial charge in [-0.3, -0.25) is 9.59 Å². The highest BCUT2D eigenvalue weighted by Crippen LogP contribution is 2.21. The molecule has 1 aromatic carbocycles. The molecule has 0 saturated carbocycles. The summed E-state index contributed by atoms with van der Waals surface area (Å²) in [5.74, 6) is 0.0528. The van der Waals surface area contributed by atoms with E-state index in [1.807, 2.05) is 19.9 Å². The molecule has 1 unspecified atom stereocenters. The van der Waals surface area contributed by atoms with Gasteiger partial charge in [0.15, 0.2) is 0 Å². The van der Waals surface area contributed by atoms with Crippen LogP contribution < -0.4 is 10.6 Å². The van der Waals surface area contributed by atoms with Gasteiger partial charge in [-0.25, -0.2) is 0 Å². The van der Waals surface area contributed by atoms with E-state index in [4.69, 9.17) is 34.8 Å². The number of alkyl halides is 1. The summed E-state index contributed by atoms with van der Waals surface area (Å²) >= 11 is 17.5. The lowest BCUT2D eigenvalue weighted by Crippen LogP contribution is -2.50. The lowest BCUT2D eigenvalue weighted by molar-refractivity contribution is -0.130. The Kier molecular flexibility index (Phi) is 9.49. The van der Waals surface area contributed by atoms with Crippen LogP contribution in [0, 0.1) is 5.92 Å². The molecule has 1 atom stereocenters. The largest absolute Gasteiger partial charge is 0.354 e. The van der Waals surface area contributed by atoms with Crippen LogP contribution in [-0.4, -0.2) is 30.3 Å². The second kappa shape index (κ2) is 10.8. The SMILES string of the molecule is CC(C)C(NC(=O)CCCCl)C(=O)NCCc1ccc(Cl)cc1Cl. The van der Waals surface area contributed by atoms with Crippen molar-refractivity contribution in [2.24, 2.45) is 5.92 Å². The monoisotopic (exact) mass is 392 g/mol. The summed E-state index contributed by atoms with van der Waals surface area (Å²) in [6.07, 6.45) is 1.50. The Morgan fingerprint density at radius 3 is 2.50 bits per heavy atom. The lowest BCUT2D eigenvalue weighted by atomic mass is 10.0. The molecule has 0 saturated heterocycles. The van der Waals surface area contributed by atoms with Crippen LogP contribution in [0.2, 0.25) is 10.0 Å². The molecule has 0 aliphatic heterocycles. The fraction of sp³-hybridized carbons (Fsp3) is 0.529. The maximum Gasteiger partial charge on any atom is 0.242 e. The molecule has 24 heavy (non-hydrogen) atoms. The summed E-state index contributed by atoms with van der Waals surface area (Å²) in [5, 5.41) is 6.76. The third-order valence-electron chi connectivity index (χ3n) is 3.51. The fourth-order valence-corrected chi connectivity index (χ4v) is 2.80. The fourth-order valence-electron chi connectivity index (χ4n) is 2.16. The topological polar surface area (TPSA) is 58.2 Å². The Bertz CT molecular complexity index is 565. The summed E-state index contributed by atoms with van der Waals surface area (Å²) in [4.78, 5) is 24.1. The second-order valence-corrected chi connectivity index (χ2v) is 7.08. The Morgan fingerprint density at radius 1 is 1.21 bits per heavy atom. The van der Waals surface area contributed by atoms with E-state index in [0.29, 0.717) is 41.7 Å². The van der Waals surface area contributed by atoms with Crippen LogP contribution in [0.1, 0.15) is 32.3 Å². The number of nitrogens with one attached hydrogen (secondary N) is 2. The third kappa shape index (κ3) is 7.29. The number of hydrogen-bond acceptors (Lipinski definition) is 2. The molecule has 0 bridgehead atoms. The average molecular weight is 394 g/mol. The van der Waals surface area contributed by atoms with E-state index in [-0.39, 0.29) is 17.7 Å². The van der Waals surface area contributed by atoms with Gasteiger partial charge >= 0.3 is 0 Å². The zero-order valence-corrected chi connectivity index (χ0v) is 16.1. The number of hydrogen-bond donors (Lipinski definition) is 2. The van der Waals surface area contributed by atoms with Gasteiger partial charge < -0.3 is 10.6 Å². The van der Waals surface area contributed by atoms with Crippen LogP contribution in [0.4, 0.5) is 0 Å². The van der Waals surface area contributed by atoms with Crippen LogP contribution >= 0.6 is 34.8 Å². The summed E-state index contributed by atoms with van der Waals surface area (Å²) in [6, 6.07) is 4.71. The van der Waals surface area contributed by atoms with Crippen molar-refractivity contribution in [1.82, 2.24) is 10.6 Å². The first kappa shape index (κ1) is 21.1. The average Bonchev–Trinajstić information content (AvgIpc) is 2.52. The van der Waals surface area contributed by atoms with E-state index in [0.717, 1.165) is 5.56 Å². The van der Waals surface area contributed by atoms with E-state index in [1.54, 1.807) is 12.1 Å². The van der Waals surface area contributed by atoms with Crippen molar-refractivity contribution in [2.75, 3.05) is 12.4 Å². The van der Waals surface area contributed by atoms with Gasteiger partial charge in [0.2, 0.25) is 11.8 Å². The van der Waals surface area contributed by atoms with E-state index in [9.17, 15) is 9.59 Å². The van der Waals surface area contributed by atoms with Crippen molar-refractivity contribution in [3.63, 3.8) is 0 Å². The molecule has 0 radical (unpaired) electrons. The molecule has 1 rings (SSSR count). The van der Waals surface area contributed by atoms with E-state index < -0.39 is 6.04 Å². The van der Waals surface area contributed by atoms with Gasteiger partial charge in [-0.2, -0.15) is 0 Å². The maximum atomic E-state index is 12.3. The number of carbonyl (C=O) groups is 2. The lowest BCUT2D eigenvalue weighted by Gasteiger charge is -2.21. The van der Waals surface area contributed by atoms with Crippen LogP contribution in [0.3, 0.4) is 0 Å². The first-order valence-electron chi connectivity index (χ1n) is 7.92. The highest BCUT2D eigenvalue weighted by atomic mass is 35.5. The predicted molar refractivity (Wildman–Crippen MR) is 99.9 cm³/mol. The van der Waals surface area contributed by atoms with E-state index in [1.165, 1.54) is 0 Å². The molecule has 2 N–H and O–H groups in total. The van der Waals surface area contributed by atoms with Crippen LogP contribution in [0.5, 0.6) is 0 Å². The smallest absolute Gasteiger partial charge is 0.242 e. The highest BCUT2D eigenvalue weighted by molar-refractivity contribution is 6.35. The van der Waals surface area contributed by atoms with Gasteiger partial charge in [-0.15, -0.1) is 11.6 Å². The van der Waals surface area contributed by atoms with E-state index in [2.05, 4.69) is 10.6 Å². The number of rotatable bonds is 9. The maximum absolute atomic E-state index is 12.3. The molecule has 0 aliphatic rings. The normalized spacial score (nSPS) is 12.1.